The Bertz CT molecular complexity index is 955. The maximum Gasteiger partial charge on any atom is 0.257 e. The molecule has 0 aliphatic carbocycles. The van der Waals surface area contributed by atoms with Crippen LogP contribution in [0.3, 0.4) is 0 Å². The van der Waals surface area contributed by atoms with Crippen molar-refractivity contribution in [1.82, 2.24) is 19.6 Å². The quantitative estimate of drug-likeness (QED) is 0.598. The van der Waals surface area contributed by atoms with E-state index in [9.17, 15) is 9.59 Å². The SMILES string of the molecule is CCN1CCCCCCN(C(=O)CCc2ccnn2C)[C@@H](CC(C)C)COc2ccccc2C1=O. The number of nitrogens with zero attached hydrogens (tertiary/aromatic N) is 4. The van der Waals surface area contributed by atoms with Crippen LogP contribution < -0.4 is 4.74 Å². The van der Waals surface area contributed by atoms with E-state index in [0.29, 0.717) is 43.2 Å². The van der Waals surface area contributed by atoms with E-state index >= 15 is 0 Å². The van der Waals surface area contributed by atoms with Crippen LogP contribution in [0.25, 0.3) is 0 Å². The number of rotatable bonds is 6. The molecule has 1 aromatic heterocycles. The highest BCUT2D eigenvalue weighted by molar-refractivity contribution is 5.96. The number of ether oxygens (including phenoxy) is 1. The molecule has 0 unspecified atom stereocenters. The first-order chi connectivity index (χ1) is 16.9. The van der Waals surface area contributed by atoms with E-state index in [1.54, 1.807) is 6.20 Å². The van der Waals surface area contributed by atoms with Gasteiger partial charge in [0.05, 0.1) is 11.6 Å². The van der Waals surface area contributed by atoms with Crippen LogP contribution in [0.1, 0.15) is 75.3 Å². The van der Waals surface area contributed by atoms with Crippen molar-refractivity contribution < 1.29 is 14.3 Å². The molecule has 0 fully saturated rings. The predicted molar refractivity (Wildman–Crippen MR) is 138 cm³/mol. The van der Waals surface area contributed by atoms with Crippen LogP contribution in [-0.4, -0.2) is 63.7 Å². The molecule has 1 aromatic carbocycles. The van der Waals surface area contributed by atoms with Gasteiger partial charge in [-0.2, -0.15) is 5.10 Å². The Labute approximate surface area is 210 Å². The molecule has 0 saturated carbocycles. The fourth-order valence-electron chi connectivity index (χ4n) is 4.83. The molecule has 2 amide bonds. The summed E-state index contributed by atoms with van der Waals surface area (Å²) in [5.41, 5.74) is 1.66. The highest BCUT2D eigenvalue weighted by Crippen LogP contribution is 2.23. The number of para-hydroxylation sites is 1. The number of hydrogen-bond acceptors (Lipinski definition) is 4. The minimum absolute atomic E-state index is 0.0182. The first-order valence-electron chi connectivity index (χ1n) is 13.2. The molecule has 35 heavy (non-hydrogen) atoms. The standard InChI is InChI=1S/C28H42N4O3/c1-5-31-18-10-6-7-11-19-32(27(33)15-14-23-16-17-29-30(23)4)24(20-22(2)3)21-35-26-13-9-8-12-25(26)28(31)34/h8-9,12-13,16-17,22,24H,5-7,10-11,14-15,18-21H2,1-4H3/t24-/m0/s1. The van der Waals surface area contributed by atoms with Gasteiger partial charge in [0.2, 0.25) is 5.91 Å². The lowest BCUT2D eigenvalue weighted by atomic mass is 10.0. The van der Waals surface area contributed by atoms with E-state index in [0.717, 1.165) is 50.9 Å². The summed E-state index contributed by atoms with van der Waals surface area (Å²) in [6.45, 7) is 8.93. The largest absolute Gasteiger partial charge is 0.491 e. The van der Waals surface area contributed by atoms with Gasteiger partial charge in [-0.1, -0.05) is 38.8 Å². The monoisotopic (exact) mass is 482 g/mol. The summed E-state index contributed by atoms with van der Waals surface area (Å²) < 4.78 is 8.14. The summed E-state index contributed by atoms with van der Waals surface area (Å²) in [7, 11) is 1.91. The molecular weight excluding hydrogens is 440 g/mol. The van der Waals surface area contributed by atoms with Gasteiger partial charge in [0.25, 0.3) is 5.91 Å². The van der Waals surface area contributed by atoms with Gasteiger partial charge in [-0.05, 0) is 56.7 Å². The predicted octanol–water partition coefficient (Wildman–Crippen LogP) is 4.71. The maximum absolute atomic E-state index is 13.5. The second-order valence-corrected chi connectivity index (χ2v) is 9.92. The molecule has 2 aromatic rings. The van der Waals surface area contributed by atoms with Crippen LogP contribution >= 0.6 is 0 Å². The van der Waals surface area contributed by atoms with Crippen LogP contribution in [0.5, 0.6) is 5.75 Å². The second kappa shape index (κ2) is 13.3. The summed E-state index contributed by atoms with van der Waals surface area (Å²) in [4.78, 5) is 30.7. The molecule has 1 aliphatic heterocycles. The first-order valence-corrected chi connectivity index (χ1v) is 13.2. The molecule has 0 N–H and O–H groups in total. The average molecular weight is 483 g/mol. The molecule has 1 atom stereocenters. The van der Waals surface area contributed by atoms with Gasteiger partial charge in [0.1, 0.15) is 12.4 Å². The van der Waals surface area contributed by atoms with Crippen molar-refractivity contribution in [3.05, 3.63) is 47.8 Å². The summed E-state index contributed by atoms with van der Waals surface area (Å²) in [6.07, 6.45) is 7.77. The van der Waals surface area contributed by atoms with Gasteiger partial charge in [-0.25, -0.2) is 0 Å². The molecule has 7 nitrogen and oxygen atoms in total. The Kier molecular flexibility index (Phi) is 10.2. The van der Waals surface area contributed by atoms with Crippen molar-refractivity contribution in [2.24, 2.45) is 13.0 Å². The van der Waals surface area contributed by atoms with Crippen LogP contribution in [0.15, 0.2) is 36.5 Å². The van der Waals surface area contributed by atoms with Crippen molar-refractivity contribution in [3.8, 4) is 5.75 Å². The van der Waals surface area contributed by atoms with Gasteiger partial charge in [-0.3, -0.25) is 14.3 Å². The minimum Gasteiger partial charge on any atom is -0.491 e. The Morgan fingerprint density at radius 1 is 1.11 bits per heavy atom. The zero-order valence-corrected chi connectivity index (χ0v) is 21.9. The van der Waals surface area contributed by atoms with E-state index in [2.05, 4.69) is 18.9 Å². The lowest BCUT2D eigenvalue weighted by Crippen LogP contribution is -2.45. The highest BCUT2D eigenvalue weighted by Gasteiger charge is 2.26. The summed E-state index contributed by atoms with van der Waals surface area (Å²) in [5.74, 6) is 1.20. The number of carbonyl (C=O) groups is 2. The number of carbonyl (C=O) groups excluding carboxylic acids is 2. The first kappa shape index (κ1) is 26.8. The molecule has 1 aliphatic rings. The number of amides is 2. The number of benzene rings is 1. The Hall–Kier alpha value is -2.83. The van der Waals surface area contributed by atoms with Crippen molar-refractivity contribution >= 4 is 11.8 Å². The van der Waals surface area contributed by atoms with E-state index in [1.165, 1.54) is 0 Å². The van der Waals surface area contributed by atoms with E-state index < -0.39 is 0 Å². The normalized spacial score (nSPS) is 18.2. The molecule has 0 spiro atoms. The number of aryl methyl sites for hydroxylation is 2. The molecule has 192 valence electrons. The van der Waals surface area contributed by atoms with Crippen LogP contribution in [-0.2, 0) is 18.3 Å². The smallest absolute Gasteiger partial charge is 0.257 e. The summed E-state index contributed by atoms with van der Waals surface area (Å²) in [6, 6.07) is 9.44. The third-order valence-corrected chi connectivity index (χ3v) is 6.82. The molecule has 2 heterocycles. The lowest BCUT2D eigenvalue weighted by molar-refractivity contribution is -0.134. The molecule has 7 heteroatoms. The Morgan fingerprint density at radius 3 is 2.54 bits per heavy atom. The molecule has 0 radical (unpaired) electrons. The number of hydrogen-bond donors (Lipinski definition) is 0. The lowest BCUT2D eigenvalue weighted by Gasteiger charge is -2.34. The van der Waals surface area contributed by atoms with E-state index in [-0.39, 0.29) is 17.9 Å². The summed E-state index contributed by atoms with van der Waals surface area (Å²) >= 11 is 0. The van der Waals surface area contributed by atoms with Gasteiger partial charge in [0.15, 0.2) is 0 Å². The maximum atomic E-state index is 13.5. The van der Waals surface area contributed by atoms with Gasteiger partial charge < -0.3 is 14.5 Å². The van der Waals surface area contributed by atoms with Gasteiger partial charge >= 0.3 is 0 Å². The third kappa shape index (κ3) is 7.58. The van der Waals surface area contributed by atoms with Crippen LogP contribution in [0.4, 0.5) is 0 Å². The fraction of sp³-hybridized carbons (Fsp3) is 0.607. The summed E-state index contributed by atoms with van der Waals surface area (Å²) in [5, 5.41) is 4.23. The zero-order valence-electron chi connectivity index (χ0n) is 21.9. The van der Waals surface area contributed by atoms with E-state index in [1.807, 2.05) is 58.8 Å². The Morgan fingerprint density at radius 2 is 1.86 bits per heavy atom. The van der Waals surface area contributed by atoms with Crippen molar-refractivity contribution in [2.75, 3.05) is 26.2 Å². The van der Waals surface area contributed by atoms with Crippen molar-refractivity contribution in [1.29, 1.82) is 0 Å². The Balaban J connectivity index is 1.83. The highest BCUT2D eigenvalue weighted by atomic mass is 16.5. The number of aromatic nitrogens is 2. The van der Waals surface area contributed by atoms with Crippen molar-refractivity contribution in [3.63, 3.8) is 0 Å². The zero-order chi connectivity index (χ0) is 25.2. The van der Waals surface area contributed by atoms with Gasteiger partial charge in [-0.15, -0.1) is 0 Å². The van der Waals surface area contributed by atoms with Gasteiger partial charge in [0, 0.05) is 45.0 Å². The average Bonchev–Trinajstić information content (AvgIpc) is 3.26. The molecular formula is C28H42N4O3. The second-order valence-electron chi connectivity index (χ2n) is 9.92. The fourth-order valence-corrected chi connectivity index (χ4v) is 4.83. The third-order valence-electron chi connectivity index (χ3n) is 6.82. The van der Waals surface area contributed by atoms with Crippen molar-refractivity contribution in [2.45, 2.75) is 71.8 Å². The van der Waals surface area contributed by atoms with Crippen LogP contribution in [0, 0.1) is 5.92 Å². The molecule has 0 bridgehead atoms. The van der Waals surface area contributed by atoms with Crippen LogP contribution in [0.2, 0.25) is 0 Å². The molecule has 0 saturated heterocycles. The number of fused-ring (bicyclic) bond motifs is 1. The van der Waals surface area contributed by atoms with E-state index in [4.69, 9.17) is 4.74 Å². The minimum atomic E-state index is -0.0394. The molecule has 3 rings (SSSR count). The topological polar surface area (TPSA) is 67.7 Å².